The minimum Gasteiger partial charge on any atom is -0.497 e. The number of guanidine groups is 1. The van der Waals surface area contributed by atoms with Crippen molar-refractivity contribution in [3.63, 3.8) is 0 Å². The van der Waals surface area contributed by atoms with E-state index in [1.54, 1.807) is 37.5 Å². The van der Waals surface area contributed by atoms with E-state index in [2.05, 4.69) is 20.8 Å². The van der Waals surface area contributed by atoms with Crippen LogP contribution < -0.4 is 15.5 Å². The molecule has 1 amide bonds. The average Bonchev–Trinajstić information content (AvgIpc) is 3.00. The van der Waals surface area contributed by atoms with Crippen molar-refractivity contribution in [1.82, 2.24) is 10.7 Å². The maximum atomic E-state index is 11.9. The van der Waals surface area contributed by atoms with Crippen LogP contribution >= 0.6 is 0 Å². The Morgan fingerprint density at radius 2 is 2.00 bits per heavy atom. The maximum absolute atomic E-state index is 11.9. The number of hydrogen-bond donors (Lipinski definition) is 6. The third kappa shape index (κ3) is 5.10. The van der Waals surface area contributed by atoms with Crippen LogP contribution in [0.1, 0.15) is 5.56 Å². The molecular formula is C16H20N4O6. The molecule has 0 aromatic heterocycles. The van der Waals surface area contributed by atoms with Crippen molar-refractivity contribution in [3.05, 3.63) is 35.5 Å². The number of hydrazone groups is 1. The van der Waals surface area contributed by atoms with Gasteiger partial charge in [-0.05, 0) is 23.8 Å². The predicted molar refractivity (Wildman–Crippen MR) is 93.3 cm³/mol. The first-order valence-corrected chi connectivity index (χ1v) is 7.64. The maximum Gasteiger partial charge on any atom is 0.276 e. The fourth-order valence-corrected chi connectivity index (χ4v) is 1.98. The molecule has 1 heterocycles. The second-order valence-corrected chi connectivity index (χ2v) is 5.34. The Morgan fingerprint density at radius 1 is 1.31 bits per heavy atom. The molecule has 0 unspecified atom stereocenters. The van der Waals surface area contributed by atoms with Crippen LogP contribution in [0.3, 0.4) is 0 Å². The van der Waals surface area contributed by atoms with Crippen LogP contribution in [-0.2, 0) is 4.79 Å². The molecule has 6 N–H and O–H groups in total. The van der Waals surface area contributed by atoms with E-state index < -0.39 is 30.8 Å². The second-order valence-electron chi connectivity index (χ2n) is 5.34. The molecule has 0 radical (unpaired) electrons. The number of nitrogens with one attached hydrogen (secondary N) is 2. The van der Waals surface area contributed by atoms with Crippen molar-refractivity contribution < 1.29 is 30.0 Å². The molecule has 0 saturated carbocycles. The number of carbonyl (C=O) groups is 1. The number of rotatable bonds is 7. The lowest BCUT2D eigenvalue weighted by Crippen LogP contribution is -2.41. The summed E-state index contributed by atoms with van der Waals surface area (Å²) in [5.41, 5.74) is 3.31. The Balaban J connectivity index is 1.98. The van der Waals surface area contributed by atoms with Crippen molar-refractivity contribution in [3.8, 4) is 5.75 Å². The summed E-state index contributed by atoms with van der Waals surface area (Å²) in [7, 11) is 1.56. The Labute approximate surface area is 149 Å². The van der Waals surface area contributed by atoms with Gasteiger partial charge in [-0.1, -0.05) is 12.1 Å². The number of hydrogen-bond acceptors (Lipinski definition) is 9. The topological polar surface area (TPSA) is 156 Å². The van der Waals surface area contributed by atoms with Gasteiger partial charge in [-0.2, -0.15) is 5.10 Å². The first-order chi connectivity index (χ1) is 12.4. The molecule has 140 valence electrons. The molecule has 10 nitrogen and oxygen atoms in total. The number of aliphatic hydroxyl groups is 4. The quantitative estimate of drug-likeness (QED) is 0.189. The van der Waals surface area contributed by atoms with Crippen molar-refractivity contribution in [2.75, 3.05) is 13.7 Å². The zero-order chi connectivity index (χ0) is 19.1. The molecule has 3 atom stereocenters. The SMILES string of the molecule is COc1ccc(/C=C2\N=C(N/N=C/[C@H](O)[C@@H](O)[C@H](O)CO)NC2=O)cc1. The molecular weight excluding hydrogens is 344 g/mol. The molecule has 10 heteroatoms. The van der Waals surface area contributed by atoms with Gasteiger partial charge in [0.15, 0.2) is 0 Å². The van der Waals surface area contributed by atoms with Crippen LogP contribution in [-0.4, -0.2) is 70.5 Å². The Bertz CT molecular complexity index is 716. The first-order valence-electron chi connectivity index (χ1n) is 7.64. The van der Waals surface area contributed by atoms with Crippen molar-refractivity contribution in [1.29, 1.82) is 0 Å². The van der Waals surface area contributed by atoms with Crippen LogP contribution in [0.15, 0.2) is 40.1 Å². The third-order valence-electron chi connectivity index (χ3n) is 3.44. The monoisotopic (exact) mass is 364 g/mol. The van der Waals surface area contributed by atoms with Crippen LogP contribution in [0.4, 0.5) is 0 Å². The summed E-state index contributed by atoms with van der Waals surface area (Å²) in [6, 6.07) is 7.03. The third-order valence-corrected chi connectivity index (χ3v) is 3.44. The van der Waals surface area contributed by atoms with Gasteiger partial charge in [0.25, 0.3) is 5.91 Å². The number of methoxy groups -OCH3 is 1. The van der Waals surface area contributed by atoms with Crippen molar-refractivity contribution in [2.24, 2.45) is 10.1 Å². The normalized spacial score (nSPS) is 19.2. The largest absolute Gasteiger partial charge is 0.497 e. The molecule has 0 aliphatic carbocycles. The molecule has 2 rings (SSSR count). The van der Waals surface area contributed by atoms with Crippen LogP contribution in [0.5, 0.6) is 5.75 Å². The van der Waals surface area contributed by atoms with E-state index in [0.717, 1.165) is 11.8 Å². The number of nitrogens with zero attached hydrogens (tertiary/aromatic N) is 2. The highest BCUT2D eigenvalue weighted by Crippen LogP contribution is 2.15. The zero-order valence-electron chi connectivity index (χ0n) is 13.9. The van der Waals surface area contributed by atoms with Gasteiger partial charge < -0.3 is 25.2 Å². The van der Waals surface area contributed by atoms with Crippen LogP contribution in [0.25, 0.3) is 6.08 Å². The number of aliphatic imine (C=N–C) groups is 1. The minimum atomic E-state index is -1.60. The zero-order valence-corrected chi connectivity index (χ0v) is 13.9. The summed E-state index contributed by atoms with van der Waals surface area (Å²) in [4.78, 5) is 15.9. The fourth-order valence-electron chi connectivity index (χ4n) is 1.98. The molecule has 1 aliphatic heterocycles. The standard InChI is InChI=1S/C16H20N4O6/c1-26-10-4-2-9(3-5-10)6-11-15(25)19-16(18-11)20-17-7-12(22)14(24)13(23)8-21/h2-7,12-14,21-24H,8H2,1H3,(H2,18,19,20,25)/b11-6-,17-7+/t12-,13+,14+/m0/s1. The average molecular weight is 364 g/mol. The van der Waals surface area contributed by atoms with Gasteiger partial charge in [0, 0.05) is 0 Å². The van der Waals surface area contributed by atoms with Crippen LogP contribution in [0.2, 0.25) is 0 Å². The molecule has 0 bridgehead atoms. The summed E-state index contributed by atoms with van der Waals surface area (Å²) in [6.07, 6.45) is -2.14. The lowest BCUT2D eigenvalue weighted by Gasteiger charge is -2.17. The number of amides is 1. The number of ether oxygens (including phenoxy) is 1. The summed E-state index contributed by atoms with van der Waals surface area (Å²) < 4.78 is 5.06. The summed E-state index contributed by atoms with van der Waals surface area (Å²) in [6.45, 7) is -0.707. The van der Waals surface area contributed by atoms with Crippen molar-refractivity contribution >= 4 is 24.2 Å². The van der Waals surface area contributed by atoms with Gasteiger partial charge >= 0.3 is 0 Å². The molecule has 1 aromatic carbocycles. The van der Waals surface area contributed by atoms with Gasteiger partial charge in [0.05, 0.1) is 19.9 Å². The minimum absolute atomic E-state index is 0.0374. The van der Waals surface area contributed by atoms with E-state index in [-0.39, 0.29) is 11.7 Å². The highest BCUT2D eigenvalue weighted by atomic mass is 16.5. The van der Waals surface area contributed by atoms with E-state index in [4.69, 9.17) is 9.84 Å². The first kappa shape index (κ1) is 19.5. The summed E-state index contributed by atoms with van der Waals surface area (Å²) in [5.74, 6) is 0.292. The Morgan fingerprint density at radius 3 is 2.62 bits per heavy atom. The lowest BCUT2D eigenvalue weighted by atomic mass is 10.1. The van der Waals surface area contributed by atoms with Crippen molar-refractivity contribution in [2.45, 2.75) is 18.3 Å². The van der Waals surface area contributed by atoms with Gasteiger partial charge in [-0.25, -0.2) is 10.4 Å². The second kappa shape index (κ2) is 9.06. The molecule has 26 heavy (non-hydrogen) atoms. The number of aliphatic hydroxyl groups excluding tert-OH is 4. The van der Waals surface area contributed by atoms with Gasteiger partial charge in [0.2, 0.25) is 5.96 Å². The Hall–Kier alpha value is -2.79. The predicted octanol–water partition coefficient (Wildman–Crippen LogP) is -1.83. The van der Waals surface area contributed by atoms with Gasteiger partial charge in [-0.3, -0.25) is 10.1 Å². The highest BCUT2D eigenvalue weighted by Gasteiger charge is 2.23. The molecule has 0 saturated heterocycles. The lowest BCUT2D eigenvalue weighted by molar-refractivity contribution is -0.115. The Kier molecular flexibility index (Phi) is 6.81. The highest BCUT2D eigenvalue weighted by molar-refractivity contribution is 6.13. The van der Waals surface area contributed by atoms with E-state index in [1.807, 2.05) is 0 Å². The van der Waals surface area contributed by atoms with E-state index in [9.17, 15) is 20.1 Å². The smallest absolute Gasteiger partial charge is 0.276 e. The molecule has 1 aromatic rings. The van der Waals surface area contributed by atoms with E-state index in [0.29, 0.717) is 5.75 Å². The van der Waals surface area contributed by atoms with E-state index >= 15 is 0 Å². The summed E-state index contributed by atoms with van der Waals surface area (Å²) in [5, 5.41) is 43.0. The van der Waals surface area contributed by atoms with Crippen LogP contribution in [0, 0.1) is 0 Å². The molecule has 0 spiro atoms. The number of benzene rings is 1. The number of carbonyl (C=O) groups excluding carboxylic acids is 1. The van der Waals surface area contributed by atoms with Gasteiger partial charge in [0.1, 0.15) is 29.8 Å². The van der Waals surface area contributed by atoms with E-state index in [1.165, 1.54) is 0 Å². The summed E-state index contributed by atoms with van der Waals surface area (Å²) >= 11 is 0. The van der Waals surface area contributed by atoms with Gasteiger partial charge in [-0.15, -0.1) is 0 Å². The fraction of sp³-hybridized carbons (Fsp3) is 0.312. The molecule has 1 aliphatic rings. The molecule has 0 fully saturated rings.